The second kappa shape index (κ2) is 44.4. The summed E-state index contributed by atoms with van der Waals surface area (Å²) in [6.07, 6.45) is 1.63. The van der Waals surface area contributed by atoms with E-state index in [0.717, 1.165) is 16.0 Å². The zero-order valence-corrected chi connectivity index (χ0v) is 71.1. The average Bonchev–Trinajstić information content (AvgIpc) is 1.66. The highest BCUT2D eigenvalue weighted by molar-refractivity contribution is 6.00. The molecule has 33 heteroatoms. The number of aliphatic hydroxyl groups is 1. The number of hydrogen-bond acceptors (Lipinski definition) is 18. The number of carbonyl (C=O) groups excluding carboxylic acids is 12. The number of fused-ring (bicyclic) bond motifs is 16. The zero-order chi connectivity index (χ0) is 86.9. The van der Waals surface area contributed by atoms with Crippen molar-refractivity contribution in [2.24, 2.45) is 0 Å². The Kier molecular flexibility index (Phi) is 34.0. The van der Waals surface area contributed by atoms with E-state index in [0.29, 0.717) is 128 Å². The second-order valence-electron chi connectivity index (χ2n) is 33.8. The van der Waals surface area contributed by atoms with Gasteiger partial charge in [0.1, 0.15) is 66.0 Å². The molecule has 0 saturated carbocycles. The van der Waals surface area contributed by atoms with Crippen LogP contribution >= 0.6 is 0 Å². The van der Waals surface area contributed by atoms with Gasteiger partial charge >= 0.3 is 0 Å². The van der Waals surface area contributed by atoms with Gasteiger partial charge in [-0.15, -0.1) is 0 Å². The minimum absolute atomic E-state index is 0.0466. The van der Waals surface area contributed by atoms with E-state index in [1.54, 1.807) is 72.6 Å². The van der Waals surface area contributed by atoms with Crippen molar-refractivity contribution in [3.05, 3.63) is 136 Å². The number of aromatic nitrogens is 1. The van der Waals surface area contributed by atoms with Crippen LogP contribution in [0, 0.1) is 5.82 Å². The standard InChI is InChI=1S/C88H122FN15O17/c1-57(105)78-83(113)96-69(48-59-24-27-65(118-8)28-25-59)86(116)103-39-16-35-88(103,2)87(117)90-36-32-58-20-22-60(23-21-58)54-101-38-13-10-9-12-37-100-55-63(66-51-64(89)26-29-72(66)100)50-70-85(115)102-40-33-73(79(102)84(114)98-78)121-56-76(108)91-52-62-18-15-17-61(47-62)49-68(81(111)95-70)94-82(112)71(53-92-74(106)34-43-119-45-46-120-44-41-99(3)4)97-80(110)67(19-11-14-42-104(5,6)7)93-75(107)30-31-77(101)109/h15,17-18,20-29,47,51,55,57,67-71,73,78-79,105H,9-14,16,19,30-46,48-50,52-54,56H2,1-8H3,(H8-,90,91,92,93,94,95,96,97,98,106,107,108,110,111,112,113,114,117)/p+1/t57-,67+,68+,69+,70+,71-,73+,78+,79+,88+/m1/s1. The lowest BCUT2D eigenvalue weighted by molar-refractivity contribution is -0.870. The number of amides is 12. The van der Waals surface area contributed by atoms with E-state index in [2.05, 4.69) is 47.9 Å². The summed E-state index contributed by atoms with van der Waals surface area (Å²) in [6.45, 7) is 4.69. The molecule has 2 fully saturated rings. The molecule has 0 aliphatic carbocycles. The first-order valence-electron chi connectivity index (χ1n) is 42.4. The third kappa shape index (κ3) is 27.0. The molecular weight excluding hydrogens is 1560 g/mol. The highest BCUT2D eigenvalue weighted by Crippen LogP contribution is 2.33. The van der Waals surface area contributed by atoms with E-state index >= 15 is 38.0 Å². The van der Waals surface area contributed by atoms with Gasteiger partial charge in [-0.05, 0) is 149 Å². The lowest BCUT2D eigenvalue weighted by Gasteiger charge is -2.37. The number of carbonyl (C=O) groups is 12. The Bertz CT molecular complexity index is 4420. The summed E-state index contributed by atoms with van der Waals surface area (Å²) in [5.41, 5.74) is 2.70. The summed E-state index contributed by atoms with van der Waals surface area (Å²) in [7, 11) is 11.4. The molecule has 0 unspecified atom stereocenters. The van der Waals surface area contributed by atoms with Gasteiger partial charge in [0.2, 0.25) is 70.9 Å². The quantitative estimate of drug-likeness (QED) is 0.0394. The second-order valence-corrected chi connectivity index (χ2v) is 33.8. The maximum atomic E-state index is 16.4. The number of methoxy groups -OCH3 is 1. The minimum atomic E-state index is -1.87. The number of aryl methyl sites for hydroxylation is 1. The van der Waals surface area contributed by atoms with Gasteiger partial charge in [-0.25, -0.2) is 4.39 Å². The Labute approximate surface area is 707 Å². The number of unbranched alkanes of at least 4 members (excludes halogenated alkanes) is 1. The molecule has 658 valence electrons. The summed E-state index contributed by atoms with van der Waals surface area (Å²) in [6, 6.07) is 13.9. The molecule has 11 rings (SSSR count). The maximum absolute atomic E-state index is 16.4. The first-order valence-corrected chi connectivity index (χ1v) is 42.4. The summed E-state index contributed by atoms with van der Waals surface area (Å²) < 4.78 is 41.6. The third-order valence-electron chi connectivity index (χ3n) is 23.0. The number of benzene rings is 4. The number of aliphatic hydroxyl groups excluding tert-OH is 1. The Hall–Kier alpha value is -10.5. The molecule has 0 spiro atoms. The van der Waals surface area contributed by atoms with Crippen molar-refractivity contribution in [3.8, 4) is 5.75 Å². The molecule has 12 bridgehead atoms. The van der Waals surface area contributed by atoms with E-state index in [-0.39, 0.29) is 110 Å². The van der Waals surface area contributed by atoms with Crippen molar-refractivity contribution in [2.45, 2.75) is 203 Å². The third-order valence-corrected chi connectivity index (χ3v) is 23.0. The smallest absolute Gasteiger partial charge is 0.246 e. The molecule has 1 aromatic heterocycles. The predicted octanol–water partition coefficient (Wildman–Crippen LogP) is 2.14. The number of nitrogens with zero attached hydrogens (tertiary/aromatic N) is 6. The number of quaternary nitrogens is 1. The summed E-state index contributed by atoms with van der Waals surface area (Å²) >= 11 is 0. The molecule has 121 heavy (non-hydrogen) atoms. The van der Waals surface area contributed by atoms with Crippen LogP contribution < -0.4 is 52.6 Å². The number of nitrogens with one attached hydrogen (secondary N) is 9. The van der Waals surface area contributed by atoms with Gasteiger partial charge in [-0.3, -0.25) is 57.5 Å². The molecule has 6 aliphatic rings. The molecule has 7 heterocycles. The van der Waals surface area contributed by atoms with Crippen molar-refractivity contribution in [3.63, 3.8) is 0 Å². The van der Waals surface area contributed by atoms with Crippen LogP contribution in [-0.2, 0) is 117 Å². The first-order chi connectivity index (χ1) is 57.9. The Morgan fingerprint density at radius 1 is 0.678 bits per heavy atom. The van der Waals surface area contributed by atoms with E-state index in [4.69, 9.17) is 18.9 Å². The Balaban J connectivity index is 1.09. The van der Waals surface area contributed by atoms with E-state index in [9.17, 15) is 29.1 Å². The van der Waals surface area contributed by atoms with Gasteiger partial charge in [0.25, 0.3) is 0 Å². The number of halogens is 1. The van der Waals surface area contributed by atoms with Crippen molar-refractivity contribution >= 4 is 81.8 Å². The predicted molar refractivity (Wildman–Crippen MR) is 448 cm³/mol. The van der Waals surface area contributed by atoms with Crippen LogP contribution in [0.3, 0.4) is 0 Å². The molecule has 4 aromatic carbocycles. The Morgan fingerprint density at radius 2 is 1.39 bits per heavy atom. The van der Waals surface area contributed by atoms with E-state index in [1.807, 2.05) is 69.0 Å². The van der Waals surface area contributed by atoms with Crippen LogP contribution in [0.1, 0.15) is 131 Å². The molecule has 10 N–H and O–H groups in total. The van der Waals surface area contributed by atoms with Gasteiger partial charge in [0.15, 0.2) is 0 Å². The Morgan fingerprint density at radius 3 is 2.12 bits per heavy atom. The van der Waals surface area contributed by atoms with Crippen LogP contribution in [0.5, 0.6) is 5.75 Å². The molecule has 2 saturated heterocycles. The SMILES string of the molecule is COc1ccc(C[C@@H]2NC(=O)[C@H]([C@@H](C)O)NC(=O)[C@@H]3[C@@H]4CCN3C(=O)[C@@H]3Cc5cn(c6ccc(F)cc56)CCCCCCN(Cc5ccc(cc5)CCNC(=O)[C@]5(C)CCCN5C2=O)C(=O)CCC(=O)N[C@@H](CCCC[N+](C)(C)C)C(=O)N[C@H](CNC(=O)CCOCCOCCN(C)C)C(=O)N[C@@H](Cc2cccc(c2)CNC(=O)CO4)C(=O)N3)cc1. The summed E-state index contributed by atoms with van der Waals surface area (Å²) in [5, 5.41) is 37.6. The largest absolute Gasteiger partial charge is 0.497 e. The van der Waals surface area contributed by atoms with Crippen LogP contribution in [0.4, 0.5) is 4.39 Å². The number of rotatable bonds is 20. The molecule has 5 aromatic rings. The zero-order valence-electron chi connectivity index (χ0n) is 71.1. The molecule has 32 nitrogen and oxygen atoms in total. The molecule has 6 aliphatic heterocycles. The lowest BCUT2D eigenvalue weighted by Crippen LogP contribution is -2.64. The van der Waals surface area contributed by atoms with Crippen LogP contribution in [0.2, 0.25) is 0 Å². The van der Waals surface area contributed by atoms with Crippen molar-refractivity contribution < 1.29 is 90.5 Å². The van der Waals surface area contributed by atoms with Crippen LogP contribution in [0.15, 0.2) is 97.2 Å². The van der Waals surface area contributed by atoms with Crippen molar-refractivity contribution in [1.29, 1.82) is 0 Å². The minimum Gasteiger partial charge on any atom is -0.497 e. The van der Waals surface area contributed by atoms with Gasteiger partial charge in [-0.1, -0.05) is 73.5 Å². The van der Waals surface area contributed by atoms with Crippen LogP contribution in [0.25, 0.3) is 10.9 Å². The molecule has 12 amide bonds. The van der Waals surface area contributed by atoms with Gasteiger partial charge in [-0.2, -0.15) is 0 Å². The fraction of sp³-hybridized carbons (Fsp3) is 0.568. The topological polar surface area (TPSA) is 388 Å². The maximum Gasteiger partial charge on any atom is 0.246 e. The lowest BCUT2D eigenvalue weighted by atomic mass is 9.95. The molecule has 0 radical (unpaired) electrons. The fourth-order valence-corrected chi connectivity index (χ4v) is 16.1. The highest BCUT2D eigenvalue weighted by atomic mass is 19.1. The van der Waals surface area contributed by atoms with Crippen LogP contribution in [-0.4, -0.2) is 286 Å². The monoisotopic (exact) mass is 1680 g/mol. The fourth-order valence-electron chi connectivity index (χ4n) is 16.1. The van der Waals surface area contributed by atoms with E-state index in [1.165, 1.54) is 31.1 Å². The number of likely N-dealkylation sites (N-methyl/N-ethyl adjacent to an activating group) is 1. The highest BCUT2D eigenvalue weighted by Gasteiger charge is 2.50. The summed E-state index contributed by atoms with van der Waals surface area (Å²) in [4.78, 5) is 188. The average molecular weight is 1680 g/mol. The van der Waals surface area contributed by atoms with Gasteiger partial charge in [0.05, 0.1) is 73.4 Å². The number of ether oxygens (including phenoxy) is 4. The number of hydrogen-bond donors (Lipinski definition) is 10. The van der Waals surface area contributed by atoms with Crippen molar-refractivity contribution in [1.82, 2.24) is 72.0 Å². The molecule has 10 atom stereocenters. The van der Waals surface area contributed by atoms with Crippen molar-refractivity contribution in [2.75, 3.05) is 121 Å². The molecular formula is C88H123FN15O17+. The normalized spacial score (nSPS) is 24.0. The summed E-state index contributed by atoms with van der Waals surface area (Å²) in [5.74, 6) is -9.19. The van der Waals surface area contributed by atoms with Gasteiger partial charge in [0, 0.05) is 115 Å². The first kappa shape index (κ1) is 92.8. The van der Waals surface area contributed by atoms with Gasteiger partial charge < -0.3 is 101 Å². The van der Waals surface area contributed by atoms with E-state index < -0.39 is 150 Å².